The number of likely N-dealkylation sites (tertiary alicyclic amines) is 1. The number of amides is 1. The summed E-state index contributed by atoms with van der Waals surface area (Å²) in [5.41, 5.74) is -2.14. The Hall–Kier alpha value is -2.97. The van der Waals surface area contributed by atoms with E-state index in [0.717, 1.165) is 11.1 Å². The molecule has 216 valence electrons. The molecule has 1 saturated heterocycles. The summed E-state index contributed by atoms with van der Waals surface area (Å²) in [6.07, 6.45) is -0.635. The van der Waals surface area contributed by atoms with Gasteiger partial charge in [-0.3, -0.25) is 9.59 Å². The van der Waals surface area contributed by atoms with E-state index in [0.29, 0.717) is 70.4 Å². The number of esters is 1. The van der Waals surface area contributed by atoms with Gasteiger partial charge in [-0.2, -0.15) is 13.2 Å². The smallest absolute Gasteiger partial charge is 0.426 e. The number of benzene rings is 2. The molecule has 0 spiro atoms. The fourth-order valence-corrected chi connectivity index (χ4v) is 7.23. The number of nitrogens with zero attached hydrogens (tertiary/aromatic N) is 1. The highest BCUT2D eigenvalue weighted by Crippen LogP contribution is 2.51. The van der Waals surface area contributed by atoms with Gasteiger partial charge in [0, 0.05) is 23.9 Å². The highest BCUT2D eigenvalue weighted by Gasteiger charge is 2.56. The van der Waals surface area contributed by atoms with Gasteiger partial charge in [-0.05, 0) is 92.7 Å². The van der Waals surface area contributed by atoms with Crippen LogP contribution in [0.2, 0.25) is 0 Å². The molecule has 0 radical (unpaired) electrons. The Morgan fingerprint density at radius 3 is 2.25 bits per heavy atom. The van der Waals surface area contributed by atoms with Crippen LogP contribution in [0.5, 0.6) is 0 Å². The summed E-state index contributed by atoms with van der Waals surface area (Å²) in [4.78, 5) is 27.7. The van der Waals surface area contributed by atoms with Crippen LogP contribution in [0.15, 0.2) is 42.5 Å². The van der Waals surface area contributed by atoms with Gasteiger partial charge in [-0.25, -0.2) is 8.78 Å². The number of rotatable bonds is 5. The third-order valence-electron chi connectivity index (χ3n) is 9.54. The molecule has 4 nitrogen and oxygen atoms in total. The van der Waals surface area contributed by atoms with Crippen LogP contribution in [0, 0.1) is 17.7 Å². The van der Waals surface area contributed by atoms with E-state index in [1.807, 2.05) is 4.90 Å². The standard InChI is InChI=1S/C31H34F5NO3/c1-29(33,31(34,35)36)23-10-13-25-22(17-23)9-14-26-30(25,18-19-3-11-24(32)12-4-19)15-16-37(26)27(38)20-5-7-21(8-6-20)28(39)40-2/h3-4,10-13,17,20-21,26H,5-9,14-16,18H2,1-2H3/t20?,21?,26-,29?,30-/m1/s1. The lowest BCUT2D eigenvalue weighted by molar-refractivity contribution is -0.228. The molecule has 3 atom stereocenters. The van der Waals surface area contributed by atoms with Gasteiger partial charge in [0.1, 0.15) is 5.82 Å². The van der Waals surface area contributed by atoms with E-state index in [2.05, 4.69) is 0 Å². The quantitative estimate of drug-likeness (QED) is 0.305. The van der Waals surface area contributed by atoms with Crippen molar-refractivity contribution in [2.45, 2.75) is 81.6 Å². The van der Waals surface area contributed by atoms with Crippen molar-refractivity contribution < 1.29 is 36.3 Å². The lowest BCUT2D eigenvalue weighted by Crippen LogP contribution is -2.51. The summed E-state index contributed by atoms with van der Waals surface area (Å²) in [5, 5.41) is 0. The van der Waals surface area contributed by atoms with Crippen LogP contribution in [-0.4, -0.2) is 42.6 Å². The van der Waals surface area contributed by atoms with Gasteiger partial charge in [-0.1, -0.05) is 30.3 Å². The normalized spacial score (nSPS) is 27.9. The summed E-state index contributed by atoms with van der Waals surface area (Å²) in [5.74, 6) is -0.970. The summed E-state index contributed by atoms with van der Waals surface area (Å²) in [7, 11) is 1.37. The van der Waals surface area contributed by atoms with Gasteiger partial charge in [0.2, 0.25) is 11.6 Å². The lowest BCUT2D eigenvalue weighted by Gasteiger charge is -2.45. The number of carbonyl (C=O) groups excluding carboxylic acids is 2. The molecule has 1 aliphatic heterocycles. The molecule has 0 bridgehead atoms. The number of ether oxygens (including phenoxy) is 1. The third kappa shape index (κ3) is 4.90. The molecule has 40 heavy (non-hydrogen) atoms. The second kappa shape index (κ2) is 10.5. The van der Waals surface area contributed by atoms with Crippen molar-refractivity contribution in [3.8, 4) is 0 Å². The highest BCUT2D eigenvalue weighted by atomic mass is 19.4. The second-order valence-electron chi connectivity index (χ2n) is 11.7. The summed E-state index contributed by atoms with van der Waals surface area (Å²) in [6, 6.07) is 10.1. The second-order valence-corrected chi connectivity index (χ2v) is 11.7. The van der Waals surface area contributed by atoms with Crippen LogP contribution >= 0.6 is 0 Å². The van der Waals surface area contributed by atoms with Gasteiger partial charge >= 0.3 is 12.1 Å². The molecule has 0 aromatic heterocycles. The van der Waals surface area contributed by atoms with E-state index in [1.54, 1.807) is 18.2 Å². The molecule has 2 aliphatic carbocycles. The van der Waals surface area contributed by atoms with E-state index < -0.39 is 22.8 Å². The molecule has 3 aliphatic rings. The zero-order chi connectivity index (χ0) is 28.9. The van der Waals surface area contributed by atoms with Gasteiger partial charge in [0.05, 0.1) is 13.0 Å². The predicted octanol–water partition coefficient (Wildman–Crippen LogP) is 6.58. The van der Waals surface area contributed by atoms with Gasteiger partial charge in [0.25, 0.3) is 0 Å². The molecule has 2 aromatic rings. The number of halogens is 5. The van der Waals surface area contributed by atoms with Crippen molar-refractivity contribution >= 4 is 11.9 Å². The van der Waals surface area contributed by atoms with Gasteiger partial charge < -0.3 is 9.64 Å². The minimum atomic E-state index is -5.05. The first-order valence-corrected chi connectivity index (χ1v) is 13.9. The molecular weight excluding hydrogens is 529 g/mol. The molecule has 1 saturated carbocycles. The molecule has 9 heteroatoms. The molecule has 2 fully saturated rings. The number of hydrogen-bond donors (Lipinski definition) is 0. The Balaban J connectivity index is 1.47. The molecule has 1 amide bonds. The number of hydrogen-bond acceptors (Lipinski definition) is 3. The SMILES string of the molecule is COC(=O)C1CCC(C(=O)N2CC[C@@]3(Cc4ccc(F)cc4)c4ccc(C(C)(F)C(F)(F)F)cc4CC[C@@H]23)CC1. The third-order valence-corrected chi connectivity index (χ3v) is 9.54. The fourth-order valence-electron chi connectivity index (χ4n) is 7.23. The van der Waals surface area contributed by atoms with Crippen LogP contribution in [-0.2, 0) is 38.3 Å². The highest BCUT2D eigenvalue weighted by molar-refractivity contribution is 5.81. The average Bonchev–Trinajstić information content (AvgIpc) is 3.32. The maximum Gasteiger partial charge on any atom is 0.426 e. The number of methoxy groups -OCH3 is 1. The Morgan fingerprint density at radius 2 is 1.62 bits per heavy atom. The molecule has 1 unspecified atom stereocenters. The first-order chi connectivity index (χ1) is 18.9. The van der Waals surface area contributed by atoms with Crippen molar-refractivity contribution in [3.63, 3.8) is 0 Å². The first-order valence-electron chi connectivity index (χ1n) is 13.9. The number of alkyl halides is 4. The molecular formula is C31H34F5NO3. The summed E-state index contributed by atoms with van der Waals surface area (Å²) >= 11 is 0. The Labute approximate surface area is 230 Å². The topological polar surface area (TPSA) is 46.6 Å². The van der Waals surface area contributed by atoms with E-state index >= 15 is 0 Å². The maximum atomic E-state index is 14.9. The van der Waals surface area contributed by atoms with E-state index in [9.17, 15) is 31.5 Å². The predicted molar refractivity (Wildman–Crippen MR) is 139 cm³/mol. The van der Waals surface area contributed by atoms with Crippen molar-refractivity contribution in [2.24, 2.45) is 11.8 Å². The lowest BCUT2D eigenvalue weighted by atomic mass is 9.63. The van der Waals surface area contributed by atoms with Crippen molar-refractivity contribution in [3.05, 3.63) is 70.5 Å². The van der Waals surface area contributed by atoms with E-state index in [4.69, 9.17) is 4.74 Å². The van der Waals surface area contributed by atoms with Gasteiger partial charge in [0.15, 0.2) is 0 Å². The Morgan fingerprint density at radius 1 is 0.975 bits per heavy atom. The summed E-state index contributed by atoms with van der Waals surface area (Å²) < 4.78 is 73.9. The van der Waals surface area contributed by atoms with Crippen LogP contribution in [0.1, 0.15) is 67.7 Å². The first kappa shape index (κ1) is 28.6. The van der Waals surface area contributed by atoms with Crippen molar-refractivity contribution in [1.29, 1.82) is 0 Å². The number of fused-ring (bicyclic) bond motifs is 3. The minimum absolute atomic E-state index is 0.0442. The Kier molecular flexibility index (Phi) is 7.46. The minimum Gasteiger partial charge on any atom is -0.469 e. The Bertz CT molecular complexity index is 1270. The van der Waals surface area contributed by atoms with Crippen LogP contribution < -0.4 is 0 Å². The average molecular weight is 564 g/mol. The van der Waals surface area contributed by atoms with Crippen LogP contribution in [0.25, 0.3) is 0 Å². The molecule has 2 aromatic carbocycles. The zero-order valence-electron chi connectivity index (χ0n) is 22.7. The largest absolute Gasteiger partial charge is 0.469 e. The van der Waals surface area contributed by atoms with E-state index in [-0.39, 0.29) is 35.6 Å². The molecule has 0 N–H and O–H groups in total. The number of carbonyl (C=O) groups is 2. The van der Waals surface area contributed by atoms with Crippen molar-refractivity contribution in [1.82, 2.24) is 4.90 Å². The van der Waals surface area contributed by atoms with Crippen LogP contribution in [0.4, 0.5) is 22.0 Å². The summed E-state index contributed by atoms with van der Waals surface area (Å²) in [6.45, 7) is 1.03. The van der Waals surface area contributed by atoms with Crippen LogP contribution in [0.3, 0.4) is 0 Å². The zero-order valence-corrected chi connectivity index (χ0v) is 22.7. The van der Waals surface area contributed by atoms with E-state index in [1.165, 1.54) is 31.4 Å². The van der Waals surface area contributed by atoms with Gasteiger partial charge in [-0.15, -0.1) is 0 Å². The monoisotopic (exact) mass is 563 g/mol. The fraction of sp³-hybridized carbons (Fsp3) is 0.548. The molecule has 1 heterocycles. The number of aryl methyl sites for hydroxylation is 1. The molecule has 5 rings (SSSR count). The van der Waals surface area contributed by atoms with Crippen molar-refractivity contribution in [2.75, 3.05) is 13.7 Å². The maximum absolute atomic E-state index is 14.9.